The SMILES string of the molecule is CN(C1CCCCCC1)S(=O)(=O)c1ccc(S(N)(=O)=O)cc1. The van der Waals surface area contributed by atoms with Crippen molar-refractivity contribution in [3.63, 3.8) is 0 Å². The van der Waals surface area contributed by atoms with Gasteiger partial charge < -0.3 is 0 Å². The van der Waals surface area contributed by atoms with E-state index < -0.39 is 20.0 Å². The van der Waals surface area contributed by atoms with Crippen LogP contribution in [0.15, 0.2) is 34.1 Å². The van der Waals surface area contributed by atoms with Crippen molar-refractivity contribution in [2.75, 3.05) is 7.05 Å². The van der Waals surface area contributed by atoms with Crippen LogP contribution in [-0.2, 0) is 20.0 Å². The van der Waals surface area contributed by atoms with Gasteiger partial charge in [-0.3, -0.25) is 0 Å². The molecule has 1 aliphatic rings. The van der Waals surface area contributed by atoms with Crippen molar-refractivity contribution in [2.24, 2.45) is 5.14 Å². The lowest BCUT2D eigenvalue weighted by atomic mass is 10.1. The van der Waals surface area contributed by atoms with Gasteiger partial charge in [-0.1, -0.05) is 25.7 Å². The van der Waals surface area contributed by atoms with Crippen LogP contribution < -0.4 is 5.14 Å². The van der Waals surface area contributed by atoms with E-state index in [0.29, 0.717) is 0 Å². The van der Waals surface area contributed by atoms with Crippen LogP contribution in [0.2, 0.25) is 0 Å². The molecular weight excluding hydrogens is 324 g/mol. The summed E-state index contributed by atoms with van der Waals surface area (Å²) in [6, 6.07) is 5.04. The Bertz CT molecular complexity index is 704. The Morgan fingerprint density at radius 3 is 1.82 bits per heavy atom. The lowest BCUT2D eigenvalue weighted by Gasteiger charge is -2.26. The third-order valence-electron chi connectivity index (χ3n) is 4.17. The van der Waals surface area contributed by atoms with Gasteiger partial charge in [-0.2, -0.15) is 4.31 Å². The van der Waals surface area contributed by atoms with E-state index in [2.05, 4.69) is 0 Å². The van der Waals surface area contributed by atoms with Crippen molar-refractivity contribution < 1.29 is 16.8 Å². The van der Waals surface area contributed by atoms with E-state index in [4.69, 9.17) is 5.14 Å². The van der Waals surface area contributed by atoms with Crippen molar-refractivity contribution in [2.45, 2.75) is 54.4 Å². The molecule has 1 aliphatic carbocycles. The standard InChI is InChI=1S/C14H22N2O4S2/c1-16(12-6-4-2-3-5-7-12)22(19,20)14-10-8-13(9-11-14)21(15,17)18/h8-12H,2-7H2,1H3,(H2,15,17,18). The Kier molecular flexibility index (Phi) is 5.26. The number of rotatable bonds is 4. The zero-order valence-electron chi connectivity index (χ0n) is 12.6. The highest BCUT2D eigenvalue weighted by molar-refractivity contribution is 7.89. The molecule has 2 N–H and O–H groups in total. The molecule has 0 atom stereocenters. The first-order valence-corrected chi connectivity index (χ1v) is 10.3. The van der Waals surface area contributed by atoms with E-state index in [9.17, 15) is 16.8 Å². The molecule has 124 valence electrons. The second-order valence-corrected chi connectivity index (χ2v) is 9.24. The predicted molar refractivity (Wildman–Crippen MR) is 84.3 cm³/mol. The molecule has 22 heavy (non-hydrogen) atoms. The minimum Gasteiger partial charge on any atom is -0.225 e. The molecule has 0 heterocycles. The monoisotopic (exact) mass is 346 g/mol. The highest BCUT2D eigenvalue weighted by atomic mass is 32.2. The van der Waals surface area contributed by atoms with Crippen LogP contribution in [0.4, 0.5) is 0 Å². The van der Waals surface area contributed by atoms with Crippen LogP contribution in [0.5, 0.6) is 0 Å². The molecule has 1 saturated carbocycles. The summed E-state index contributed by atoms with van der Waals surface area (Å²) < 4.78 is 49.2. The predicted octanol–water partition coefficient (Wildman–Crippen LogP) is 1.68. The maximum Gasteiger partial charge on any atom is 0.243 e. The third kappa shape index (κ3) is 3.87. The van der Waals surface area contributed by atoms with Gasteiger partial charge in [0, 0.05) is 13.1 Å². The number of hydrogen-bond donors (Lipinski definition) is 1. The van der Waals surface area contributed by atoms with Crippen LogP contribution in [0.1, 0.15) is 38.5 Å². The zero-order valence-corrected chi connectivity index (χ0v) is 14.2. The number of sulfonamides is 2. The normalized spacial score (nSPS) is 18.3. The van der Waals surface area contributed by atoms with Gasteiger partial charge in [0.25, 0.3) is 0 Å². The van der Waals surface area contributed by atoms with E-state index >= 15 is 0 Å². The topological polar surface area (TPSA) is 97.5 Å². The fraction of sp³-hybridized carbons (Fsp3) is 0.571. The third-order valence-corrected chi connectivity index (χ3v) is 7.02. The molecular formula is C14H22N2O4S2. The van der Waals surface area contributed by atoms with Crippen molar-refractivity contribution in [1.29, 1.82) is 0 Å². The van der Waals surface area contributed by atoms with Crippen LogP contribution >= 0.6 is 0 Å². The molecule has 0 aliphatic heterocycles. The zero-order chi connectivity index (χ0) is 16.4. The quantitative estimate of drug-likeness (QED) is 0.839. The molecule has 0 bridgehead atoms. The van der Waals surface area contributed by atoms with E-state index in [1.54, 1.807) is 7.05 Å². The van der Waals surface area contributed by atoms with Gasteiger partial charge in [0.1, 0.15) is 0 Å². The smallest absolute Gasteiger partial charge is 0.225 e. The fourth-order valence-corrected chi connectivity index (χ4v) is 4.72. The van der Waals surface area contributed by atoms with Gasteiger partial charge >= 0.3 is 0 Å². The molecule has 0 saturated heterocycles. The van der Waals surface area contributed by atoms with E-state index in [1.807, 2.05) is 0 Å². The molecule has 0 aromatic heterocycles. The summed E-state index contributed by atoms with van der Waals surface area (Å²) in [4.78, 5) is -0.00443. The van der Waals surface area contributed by atoms with E-state index in [0.717, 1.165) is 38.5 Å². The molecule has 0 spiro atoms. The number of nitrogens with zero attached hydrogens (tertiary/aromatic N) is 1. The van der Waals surface area contributed by atoms with Crippen LogP contribution in [0.3, 0.4) is 0 Å². The molecule has 1 aromatic rings. The second kappa shape index (κ2) is 6.66. The molecule has 0 unspecified atom stereocenters. The highest BCUT2D eigenvalue weighted by Gasteiger charge is 2.28. The van der Waals surface area contributed by atoms with Gasteiger partial charge in [-0.05, 0) is 37.1 Å². The maximum atomic E-state index is 12.6. The van der Waals surface area contributed by atoms with Crippen LogP contribution in [-0.4, -0.2) is 34.2 Å². The highest BCUT2D eigenvalue weighted by Crippen LogP contribution is 2.26. The van der Waals surface area contributed by atoms with E-state index in [-0.39, 0.29) is 15.8 Å². The van der Waals surface area contributed by atoms with Gasteiger partial charge in [0.2, 0.25) is 20.0 Å². The Hall–Kier alpha value is -0.960. The fourth-order valence-electron chi connectivity index (χ4n) is 2.79. The number of primary sulfonamides is 1. The Morgan fingerprint density at radius 1 is 0.909 bits per heavy atom. The summed E-state index contributed by atoms with van der Waals surface area (Å²) in [5, 5.41) is 5.02. The number of nitrogens with two attached hydrogens (primary N) is 1. The van der Waals surface area contributed by atoms with Gasteiger partial charge in [0.15, 0.2) is 0 Å². The molecule has 1 aromatic carbocycles. The first-order valence-electron chi connectivity index (χ1n) is 7.34. The first kappa shape index (κ1) is 17.4. The lowest BCUT2D eigenvalue weighted by molar-refractivity contribution is 0.335. The number of hydrogen-bond acceptors (Lipinski definition) is 4. The molecule has 6 nitrogen and oxygen atoms in total. The van der Waals surface area contributed by atoms with Crippen molar-refractivity contribution in [3.8, 4) is 0 Å². The van der Waals surface area contributed by atoms with Crippen LogP contribution in [0.25, 0.3) is 0 Å². The summed E-state index contributed by atoms with van der Waals surface area (Å²) in [6.45, 7) is 0. The minimum atomic E-state index is -3.82. The van der Waals surface area contributed by atoms with Crippen molar-refractivity contribution in [1.82, 2.24) is 4.31 Å². The maximum absolute atomic E-state index is 12.6. The Morgan fingerprint density at radius 2 is 1.36 bits per heavy atom. The lowest BCUT2D eigenvalue weighted by Crippen LogP contribution is -2.36. The largest absolute Gasteiger partial charge is 0.243 e. The summed E-state index contributed by atoms with van der Waals surface area (Å²) in [5.74, 6) is 0. The summed E-state index contributed by atoms with van der Waals surface area (Å²) >= 11 is 0. The van der Waals surface area contributed by atoms with Crippen molar-refractivity contribution in [3.05, 3.63) is 24.3 Å². The molecule has 0 radical (unpaired) electrons. The minimum absolute atomic E-state index is 0.00502. The van der Waals surface area contributed by atoms with Gasteiger partial charge in [-0.15, -0.1) is 0 Å². The summed E-state index contributed by atoms with van der Waals surface area (Å²) in [7, 11) is -5.84. The Labute approximate surface area is 132 Å². The average molecular weight is 346 g/mol. The molecule has 2 rings (SSSR count). The van der Waals surface area contributed by atoms with Crippen LogP contribution in [0, 0.1) is 0 Å². The van der Waals surface area contributed by atoms with E-state index in [1.165, 1.54) is 28.6 Å². The van der Waals surface area contributed by atoms with Crippen molar-refractivity contribution >= 4 is 20.0 Å². The first-order chi connectivity index (χ1) is 10.2. The molecule has 8 heteroatoms. The summed E-state index contributed by atoms with van der Waals surface area (Å²) in [5.41, 5.74) is 0. The molecule has 1 fully saturated rings. The van der Waals surface area contributed by atoms with Gasteiger partial charge in [0.05, 0.1) is 9.79 Å². The molecule has 0 amide bonds. The summed E-state index contributed by atoms with van der Waals surface area (Å²) in [6.07, 6.45) is 6.10. The van der Waals surface area contributed by atoms with Gasteiger partial charge in [-0.25, -0.2) is 22.0 Å². The average Bonchev–Trinajstić information content (AvgIpc) is 2.74. The Balaban J connectivity index is 2.25. The second-order valence-electron chi connectivity index (χ2n) is 5.68. The number of benzene rings is 1.